The molecule has 0 spiro atoms. The monoisotopic (exact) mass is 1020 g/mol. The van der Waals surface area contributed by atoms with E-state index in [4.69, 9.17) is 0 Å². The third kappa shape index (κ3) is 15.2. The maximum absolute atomic E-state index is 14.5. The fourth-order valence-electron chi connectivity index (χ4n) is 10.9. The number of nitrogens with zero attached hydrogens (tertiary/aromatic N) is 4. The number of carbonyl (C=O) groups excluding carboxylic acids is 6. The maximum Gasteiger partial charge on any atom is 0.246 e. The molecule has 2 aromatic carbocycles. The normalized spacial score (nSPS) is 22.4. The lowest BCUT2D eigenvalue weighted by molar-refractivity contribution is -0.149. The summed E-state index contributed by atoms with van der Waals surface area (Å²) < 4.78 is 0. The van der Waals surface area contributed by atoms with E-state index in [1.165, 1.54) is 11.1 Å². The first kappa shape index (κ1) is 58.1. The molecule has 2 aliphatic heterocycles. The highest BCUT2D eigenvalue weighted by Crippen LogP contribution is 2.32. The number of unbranched alkanes of at least 4 members (excludes halogenated alkanes) is 2. The van der Waals surface area contributed by atoms with Crippen LogP contribution in [0.3, 0.4) is 0 Å². The number of rotatable bonds is 20. The molecule has 0 bridgehead atoms. The molecular weight excluding hydrogens is 933 g/mol. The molecule has 6 N–H and O–H groups in total. The Morgan fingerprint density at radius 2 is 0.959 bits per heavy atom. The van der Waals surface area contributed by atoms with Gasteiger partial charge in [0.15, 0.2) is 0 Å². The number of benzene rings is 2. The van der Waals surface area contributed by atoms with Crippen molar-refractivity contribution in [2.24, 2.45) is 10.8 Å². The van der Waals surface area contributed by atoms with E-state index < -0.39 is 47.1 Å². The second kappa shape index (κ2) is 26.6. The van der Waals surface area contributed by atoms with Crippen LogP contribution >= 0.6 is 0 Å². The average Bonchev–Trinajstić information content (AvgIpc) is 3.38. The van der Waals surface area contributed by atoms with Crippen LogP contribution in [0.2, 0.25) is 0 Å². The molecule has 2 heterocycles. The van der Waals surface area contributed by atoms with Gasteiger partial charge in [0, 0.05) is 39.3 Å². The topological polar surface area (TPSA) is 188 Å². The highest BCUT2D eigenvalue weighted by molar-refractivity contribution is 5.95. The highest BCUT2D eigenvalue weighted by Gasteiger charge is 2.45. The third-order valence-electron chi connectivity index (χ3n) is 15.8. The smallest absolute Gasteiger partial charge is 0.246 e. The molecule has 0 saturated carbocycles. The lowest BCUT2D eigenvalue weighted by Gasteiger charge is -2.44. The molecule has 74 heavy (non-hydrogen) atoms. The minimum Gasteiger partial charge on any atom is -0.347 e. The summed E-state index contributed by atoms with van der Waals surface area (Å²) in [7, 11) is 3.43. The first-order chi connectivity index (χ1) is 35.2. The van der Waals surface area contributed by atoms with Crippen LogP contribution in [-0.4, -0.2) is 158 Å². The molecular formula is C58H90N10O6. The Kier molecular flexibility index (Phi) is 20.8. The fraction of sp³-hybridized carbons (Fsp3) is 0.655. The predicted octanol–water partition coefficient (Wildman–Crippen LogP) is 4.79. The summed E-state index contributed by atoms with van der Waals surface area (Å²) in [5.41, 5.74) is 3.60. The summed E-state index contributed by atoms with van der Waals surface area (Å²) in [5, 5.41) is 18.6. The Morgan fingerprint density at radius 3 is 1.32 bits per heavy atom. The number of hydrogen-bond acceptors (Lipinski definition) is 10. The molecule has 16 heteroatoms. The van der Waals surface area contributed by atoms with Crippen LogP contribution < -0.4 is 31.9 Å². The molecule has 0 unspecified atom stereocenters. The minimum absolute atomic E-state index is 0.127. The molecule has 408 valence electrons. The largest absolute Gasteiger partial charge is 0.347 e. The molecule has 4 aliphatic rings. The Hall–Kier alpha value is -5.16. The highest BCUT2D eigenvalue weighted by atomic mass is 16.2. The van der Waals surface area contributed by atoms with Gasteiger partial charge in [-0.05, 0) is 138 Å². The molecule has 0 radical (unpaired) electrons. The van der Waals surface area contributed by atoms with E-state index in [9.17, 15) is 28.8 Å². The molecule has 8 atom stereocenters. The van der Waals surface area contributed by atoms with Gasteiger partial charge >= 0.3 is 0 Å². The minimum atomic E-state index is -0.813. The van der Waals surface area contributed by atoms with Crippen molar-refractivity contribution < 1.29 is 28.8 Å². The molecule has 2 aliphatic carbocycles. The van der Waals surface area contributed by atoms with Crippen LogP contribution in [-0.2, 0) is 41.6 Å². The van der Waals surface area contributed by atoms with Gasteiger partial charge in [-0.15, -0.1) is 0 Å². The van der Waals surface area contributed by atoms with Crippen molar-refractivity contribution in [2.75, 3.05) is 66.5 Å². The summed E-state index contributed by atoms with van der Waals surface area (Å²) in [4.78, 5) is 92.2. The van der Waals surface area contributed by atoms with Crippen molar-refractivity contribution in [2.45, 2.75) is 168 Å². The molecule has 2 fully saturated rings. The number of likely N-dealkylation sites (N-methyl/N-ethyl adjacent to an activating group) is 2. The Morgan fingerprint density at radius 1 is 0.581 bits per heavy atom. The van der Waals surface area contributed by atoms with E-state index in [0.717, 1.165) is 88.4 Å². The van der Waals surface area contributed by atoms with Gasteiger partial charge in [0.05, 0.1) is 24.2 Å². The van der Waals surface area contributed by atoms with Crippen molar-refractivity contribution in [1.29, 1.82) is 0 Å². The Labute approximate surface area is 442 Å². The summed E-state index contributed by atoms with van der Waals surface area (Å²) in [6.45, 7) is 19.5. The number of carbonyl (C=O) groups is 6. The zero-order valence-corrected chi connectivity index (χ0v) is 46.4. The van der Waals surface area contributed by atoms with Crippen molar-refractivity contribution in [1.82, 2.24) is 51.5 Å². The van der Waals surface area contributed by atoms with Crippen LogP contribution in [0, 0.1) is 10.8 Å². The van der Waals surface area contributed by atoms with E-state index in [2.05, 4.69) is 78.1 Å². The zero-order valence-electron chi connectivity index (χ0n) is 46.4. The van der Waals surface area contributed by atoms with Gasteiger partial charge in [-0.1, -0.05) is 102 Å². The first-order valence-corrected chi connectivity index (χ1v) is 27.6. The molecule has 6 rings (SSSR count). The summed E-state index contributed by atoms with van der Waals surface area (Å²) in [6.07, 6.45) is 13.5. The Bertz CT molecular complexity index is 2120. The van der Waals surface area contributed by atoms with E-state index >= 15 is 0 Å². The molecule has 2 saturated heterocycles. The average molecular weight is 1020 g/mol. The molecule has 6 amide bonds. The number of allylic oxidation sites excluding steroid dienone is 2. The standard InChI is InChI=1S/C58H90N10O6/c1-39(59-9)51(69)63-49(57(3,4)5)55(73)67-35-33-65(37-47(67)53(71)61-45-29-21-25-41-23-15-17-27-43(41)45)31-19-13-11-12-14-20-32-66-34-36-68(56(74)50(58(6,7)8)64-52(70)40(2)60-10)48(38-66)54(72)62-46-30-22-26-42-24-16-18-28-44(42)46/h11-12,15-18,23-24,27-28,39-40,45-50,59-60H,13-14,19-22,25-26,29-38H2,1-10H3,(H,61,71)(H,62,72)(H,63,69)(H,64,70)/t39-,40-,45+,46+,47-,48-,49+,50+/m0/s1. The summed E-state index contributed by atoms with van der Waals surface area (Å²) in [5.74, 6) is -1.34. The Balaban J connectivity index is 1.05. The van der Waals surface area contributed by atoms with Gasteiger partial charge in [0.1, 0.15) is 24.2 Å². The van der Waals surface area contributed by atoms with Gasteiger partial charge in [0.2, 0.25) is 35.4 Å². The lowest BCUT2D eigenvalue weighted by atomic mass is 9.85. The van der Waals surface area contributed by atoms with E-state index in [0.29, 0.717) is 39.3 Å². The fourth-order valence-corrected chi connectivity index (χ4v) is 10.9. The zero-order chi connectivity index (χ0) is 53.7. The van der Waals surface area contributed by atoms with Crippen molar-refractivity contribution in [3.05, 3.63) is 82.9 Å². The number of nitrogens with one attached hydrogen (secondary N) is 6. The summed E-state index contributed by atoms with van der Waals surface area (Å²) >= 11 is 0. The number of fused-ring (bicyclic) bond motifs is 2. The maximum atomic E-state index is 14.5. The van der Waals surface area contributed by atoms with Crippen molar-refractivity contribution >= 4 is 35.4 Å². The van der Waals surface area contributed by atoms with Gasteiger partial charge < -0.3 is 41.7 Å². The van der Waals surface area contributed by atoms with Crippen LogP contribution in [0.5, 0.6) is 0 Å². The number of piperazine rings is 2. The van der Waals surface area contributed by atoms with Crippen LogP contribution in [0.1, 0.15) is 141 Å². The predicted molar refractivity (Wildman–Crippen MR) is 292 cm³/mol. The second-order valence-corrected chi connectivity index (χ2v) is 23.4. The van der Waals surface area contributed by atoms with Crippen molar-refractivity contribution in [3.8, 4) is 0 Å². The van der Waals surface area contributed by atoms with Gasteiger partial charge in [-0.3, -0.25) is 38.6 Å². The number of hydrogen-bond donors (Lipinski definition) is 6. The molecule has 0 aromatic heterocycles. The van der Waals surface area contributed by atoms with Crippen LogP contribution in [0.25, 0.3) is 0 Å². The van der Waals surface area contributed by atoms with Gasteiger partial charge in [-0.25, -0.2) is 0 Å². The van der Waals surface area contributed by atoms with Crippen LogP contribution in [0.4, 0.5) is 0 Å². The third-order valence-corrected chi connectivity index (χ3v) is 15.8. The first-order valence-electron chi connectivity index (χ1n) is 27.6. The van der Waals surface area contributed by atoms with Gasteiger partial charge in [-0.2, -0.15) is 0 Å². The summed E-state index contributed by atoms with van der Waals surface area (Å²) in [6, 6.07) is 12.3. The second-order valence-electron chi connectivity index (χ2n) is 23.4. The SMILES string of the molecule is CN[C@@H](C)C(=O)N[C@H](C(=O)N1CCN(CCCC=CCCCN2CCN(C(=O)[C@@H](NC(=O)[C@H](C)NC)C(C)(C)C)[C@H](C(=O)N[C@@H]3CCCc4ccccc43)C2)C[C@H]1C(=O)N[C@@H]1CCCc2ccccc21)C(C)(C)C. The quantitative estimate of drug-likeness (QED) is 0.0796. The lowest BCUT2D eigenvalue weighted by Crippen LogP contribution is -2.66. The van der Waals surface area contributed by atoms with Gasteiger partial charge in [0.25, 0.3) is 0 Å². The number of aryl methyl sites for hydroxylation is 2. The van der Waals surface area contributed by atoms with Crippen LogP contribution in [0.15, 0.2) is 60.7 Å². The number of amides is 6. The molecule has 2 aromatic rings. The van der Waals surface area contributed by atoms with E-state index in [1.54, 1.807) is 37.7 Å². The van der Waals surface area contributed by atoms with E-state index in [1.807, 2.05) is 65.8 Å². The van der Waals surface area contributed by atoms with Crippen molar-refractivity contribution in [3.63, 3.8) is 0 Å². The van der Waals surface area contributed by atoms with E-state index in [-0.39, 0.29) is 47.5 Å². The molecule has 16 nitrogen and oxygen atoms in total.